The van der Waals surface area contributed by atoms with Gasteiger partial charge >= 0.3 is 0 Å². The molecule has 0 radical (unpaired) electrons. The van der Waals surface area contributed by atoms with Crippen LogP contribution in [0.1, 0.15) is 16.7 Å². The van der Waals surface area contributed by atoms with Gasteiger partial charge in [-0.3, -0.25) is 14.5 Å². The minimum absolute atomic E-state index is 0.650. The van der Waals surface area contributed by atoms with Gasteiger partial charge in [-0.25, -0.2) is 4.98 Å². The van der Waals surface area contributed by atoms with Gasteiger partial charge in [0.15, 0.2) is 0 Å². The van der Waals surface area contributed by atoms with Crippen LogP contribution in [-0.4, -0.2) is 59.8 Å². The zero-order valence-electron chi connectivity index (χ0n) is 21.3. The predicted molar refractivity (Wildman–Crippen MR) is 151 cm³/mol. The number of nitriles is 1. The van der Waals surface area contributed by atoms with Gasteiger partial charge in [0.25, 0.3) is 0 Å². The largest absolute Gasteiger partial charge is 0.368 e. The molecule has 2 aromatic carbocycles. The van der Waals surface area contributed by atoms with Gasteiger partial charge in [0.1, 0.15) is 11.6 Å². The van der Waals surface area contributed by atoms with E-state index in [1.54, 1.807) is 12.4 Å². The molecule has 0 amide bonds. The second-order valence-corrected chi connectivity index (χ2v) is 9.41. The van der Waals surface area contributed by atoms with E-state index in [0.717, 1.165) is 76.6 Å². The van der Waals surface area contributed by atoms with E-state index in [9.17, 15) is 5.26 Å². The molecule has 186 valence electrons. The lowest BCUT2D eigenvalue weighted by molar-refractivity contribution is 0.589. The molecule has 0 atom stereocenters. The molecule has 0 aliphatic carbocycles. The second-order valence-electron chi connectivity index (χ2n) is 9.41. The zero-order valence-corrected chi connectivity index (χ0v) is 21.3. The Kier molecular flexibility index (Phi) is 6.09. The molecule has 1 aliphatic heterocycles. The average Bonchev–Trinajstić information content (AvgIpc) is 3.37. The number of fused-ring (bicyclic) bond motifs is 3. The highest BCUT2D eigenvalue weighted by Crippen LogP contribution is 2.33. The van der Waals surface area contributed by atoms with Crippen LogP contribution in [0.4, 0.5) is 11.6 Å². The lowest BCUT2D eigenvalue weighted by atomic mass is 10.1. The van der Waals surface area contributed by atoms with Crippen molar-refractivity contribution >= 4 is 33.6 Å². The molecule has 8 nitrogen and oxygen atoms in total. The molecular weight excluding hydrogens is 472 g/mol. The lowest BCUT2D eigenvalue weighted by Crippen LogP contribution is -2.43. The summed E-state index contributed by atoms with van der Waals surface area (Å²) in [5.41, 5.74) is 6.80. The van der Waals surface area contributed by atoms with Crippen LogP contribution >= 0.6 is 0 Å². The summed E-state index contributed by atoms with van der Waals surface area (Å²) in [5, 5.41) is 14.4. The number of anilines is 2. The zero-order chi connectivity index (χ0) is 26.1. The lowest BCUT2D eigenvalue weighted by Gasteiger charge is -2.30. The summed E-state index contributed by atoms with van der Waals surface area (Å²) in [6.07, 6.45) is 5.30. The molecule has 0 unspecified atom stereocenters. The van der Waals surface area contributed by atoms with Crippen LogP contribution in [0.3, 0.4) is 0 Å². The molecule has 38 heavy (non-hydrogen) atoms. The number of aromatic nitrogens is 4. The summed E-state index contributed by atoms with van der Waals surface area (Å²) < 4.78 is 2.11. The quantitative estimate of drug-likeness (QED) is 0.380. The number of hydrogen-bond donors (Lipinski definition) is 1. The van der Waals surface area contributed by atoms with Crippen molar-refractivity contribution in [3.8, 4) is 23.6 Å². The predicted octanol–water partition coefficient (Wildman–Crippen LogP) is 3.72. The summed E-state index contributed by atoms with van der Waals surface area (Å²) in [4.78, 5) is 18.0. The number of piperazine rings is 1. The fourth-order valence-electron chi connectivity index (χ4n) is 4.88. The van der Waals surface area contributed by atoms with E-state index < -0.39 is 0 Å². The van der Waals surface area contributed by atoms with E-state index in [1.165, 1.54) is 0 Å². The Morgan fingerprint density at radius 2 is 1.79 bits per heavy atom. The number of rotatable bonds is 3. The third kappa shape index (κ3) is 4.28. The number of pyridine rings is 2. The number of nitrogens with zero attached hydrogens (tertiary/aromatic N) is 7. The minimum Gasteiger partial charge on any atom is -0.368 e. The van der Waals surface area contributed by atoms with Crippen LogP contribution in [0.15, 0.2) is 67.1 Å². The first-order chi connectivity index (χ1) is 18.6. The van der Waals surface area contributed by atoms with Crippen molar-refractivity contribution in [3.05, 3.63) is 83.8 Å². The maximum atomic E-state index is 10.1. The fourth-order valence-corrected chi connectivity index (χ4v) is 4.88. The molecule has 1 aliphatic rings. The fraction of sp³-hybridized carbons (Fsp3) is 0.200. The molecule has 1 saturated heterocycles. The Morgan fingerprint density at radius 1 is 0.947 bits per heavy atom. The molecule has 1 fully saturated rings. The highest BCUT2D eigenvalue weighted by atomic mass is 15.3. The van der Waals surface area contributed by atoms with Gasteiger partial charge in [-0.05, 0) is 48.5 Å². The van der Waals surface area contributed by atoms with Crippen molar-refractivity contribution in [3.63, 3.8) is 0 Å². The molecule has 5 aromatic rings. The van der Waals surface area contributed by atoms with E-state index in [2.05, 4.69) is 60.9 Å². The van der Waals surface area contributed by atoms with E-state index in [1.807, 2.05) is 55.5 Å². The molecule has 3 aromatic heterocycles. The van der Waals surface area contributed by atoms with Gasteiger partial charge in [-0.2, -0.15) is 5.26 Å². The minimum atomic E-state index is 0.650. The molecule has 0 spiro atoms. The summed E-state index contributed by atoms with van der Waals surface area (Å²) in [6.45, 7) is 3.58. The Hall–Kier alpha value is -4.92. The highest BCUT2D eigenvalue weighted by molar-refractivity contribution is 6.04. The van der Waals surface area contributed by atoms with Crippen molar-refractivity contribution in [1.82, 2.24) is 24.8 Å². The van der Waals surface area contributed by atoms with Crippen LogP contribution in [0.5, 0.6) is 0 Å². The molecule has 0 saturated carbocycles. The van der Waals surface area contributed by atoms with Crippen molar-refractivity contribution in [1.29, 1.82) is 5.26 Å². The van der Waals surface area contributed by atoms with E-state index in [-0.39, 0.29) is 0 Å². The Labute approximate surface area is 221 Å². The summed E-state index contributed by atoms with van der Waals surface area (Å²) in [6, 6.07) is 18.4. The number of imidazole rings is 1. The normalized spacial score (nSPS) is 13.2. The van der Waals surface area contributed by atoms with E-state index >= 15 is 0 Å². The van der Waals surface area contributed by atoms with Gasteiger partial charge in [0.05, 0.1) is 34.2 Å². The van der Waals surface area contributed by atoms with E-state index in [0.29, 0.717) is 5.56 Å². The average molecular weight is 499 g/mol. The Bertz CT molecular complexity index is 1750. The van der Waals surface area contributed by atoms with Crippen LogP contribution in [-0.2, 0) is 0 Å². The summed E-state index contributed by atoms with van der Waals surface area (Å²) in [5.74, 6) is 7.21. The van der Waals surface area contributed by atoms with Crippen molar-refractivity contribution in [2.24, 2.45) is 0 Å². The molecule has 4 heterocycles. The maximum absolute atomic E-state index is 10.1. The molecule has 8 heteroatoms. The van der Waals surface area contributed by atoms with E-state index in [4.69, 9.17) is 4.98 Å². The standard InChI is InChI=1S/C30H26N8/c1-36(2)30-35-27-20-34-26-9-7-21(5-6-22-4-3-11-33-19-22)16-25(26)29(27)38(30)24-8-10-28(23(17-24)18-31)37-14-12-32-13-15-37/h3-4,7-11,16-17,19-20,32H,12-15H2,1-2H3. The monoisotopic (exact) mass is 498 g/mol. The van der Waals surface area contributed by atoms with Crippen LogP contribution in [0, 0.1) is 23.2 Å². The first kappa shape index (κ1) is 23.5. The smallest absolute Gasteiger partial charge is 0.210 e. The Balaban J connectivity index is 1.54. The molecular formula is C30H26N8. The highest BCUT2D eigenvalue weighted by Gasteiger charge is 2.20. The first-order valence-electron chi connectivity index (χ1n) is 12.5. The molecule has 0 bridgehead atoms. The third-order valence-corrected chi connectivity index (χ3v) is 6.69. The molecule has 1 N–H and O–H groups in total. The van der Waals surface area contributed by atoms with Crippen molar-refractivity contribution in [2.45, 2.75) is 0 Å². The van der Waals surface area contributed by atoms with Crippen LogP contribution in [0.25, 0.3) is 27.6 Å². The SMILES string of the molecule is CN(C)c1nc2cnc3ccc(C#Cc4cccnc4)cc3c2n1-c1ccc(N2CCNCC2)c(C#N)c1. The summed E-state index contributed by atoms with van der Waals surface area (Å²) in [7, 11) is 3.94. The Morgan fingerprint density at radius 3 is 2.55 bits per heavy atom. The topological polar surface area (TPSA) is 85.9 Å². The maximum Gasteiger partial charge on any atom is 0.210 e. The van der Waals surface area contributed by atoms with Crippen molar-refractivity contribution in [2.75, 3.05) is 50.1 Å². The van der Waals surface area contributed by atoms with Gasteiger partial charge < -0.3 is 15.1 Å². The number of hydrogen-bond acceptors (Lipinski definition) is 7. The van der Waals surface area contributed by atoms with Crippen molar-refractivity contribution < 1.29 is 0 Å². The van der Waals surface area contributed by atoms with Gasteiger partial charge in [-0.15, -0.1) is 0 Å². The van der Waals surface area contributed by atoms with Gasteiger partial charge in [0.2, 0.25) is 5.95 Å². The van der Waals surface area contributed by atoms with Crippen LogP contribution < -0.4 is 15.1 Å². The second kappa shape index (κ2) is 9.85. The number of benzene rings is 2. The number of nitrogens with one attached hydrogen (secondary N) is 1. The third-order valence-electron chi connectivity index (χ3n) is 6.69. The summed E-state index contributed by atoms with van der Waals surface area (Å²) >= 11 is 0. The van der Waals surface area contributed by atoms with Gasteiger partial charge in [-0.1, -0.05) is 11.8 Å². The van der Waals surface area contributed by atoms with Gasteiger partial charge in [0, 0.05) is 69.2 Å². The molecule has 6 rings (SSSR count). The first-order valence-corrected chi connectivity index (χ1v) is 12.5. The van der Waals surface area contributed by atoms with Crippen LogP contribution in [0.2, 0.25) is 0 Å².